The lowest BCUT2D eigenvalue weighted by Crippen LogP contribution is -2.36. The van der Waals surface area contributed by atoms with Crippen molar-refractivity contribution >= 4 is 21.4 Å². The summed E-state index contributed by atoms with van der Waals surface area (Å²) < 4.78 is 27.4. The van der Waals surface area contributed by atoms with E-state index < -0.39 is 10.0 Å². The van der Waals surface area contributed by atoms with Crippen LogP contribution >= 0.6 is 11.3 Å². The number of hydrogen-bond donors (Lipinski definition) is 1. The molecule has 0 unspecified atom stereocenters. The van der Waals surface area contributed by atoms with E-state index >= 15 is 0 Å². The summed E-state index contributed by atoms with van der Waals surface area (Å²) in [6, 6.07) is 3.76. The summed E-state index contributed by atoms with van der Waals surface area (Å²) >= 11 is 1.35. The van der Waals surface area contributed by atoms with Gasteiger partial charge in [0.25, 0.3) is 10.0 Å². The largest absolute Gasteiger partial charge is 0.330 e. The molecule has 1 saturated carbocycles. The molecule has 0 aliphatic heterocycles. The minimum Gasteiger partial charge on any atom is -0.330 e. The van der Waals surface area contributed by atoms with Crippen molar-refractivity contribution in [1.82, 2.24) is 4.31 Å². The highest BCUT2D eigenvalue weighted by Gasteiger charge is 2.29. The van der Waals surface area contributed by atoms with Crippen LogP contribution in [0.25, 0.3) is 0 Å². The molecule has 1 aliphatic carbocycles. The first-order valence-electron chi connectivity index (χ1n) is 7.32. The molecule has 1 aliphatic rings. The lowest BCUT2D eigenvalue weighted by Gasteiger charge is -2.25. The third-order valence-electron chi connectivity index (χ3n) is 4.00. The molecule has 0 aromatic carbocycles. The fourth-order valence-corrected chi connectivity index (χ4v) is 5.71. The summed E-state index contributed by atoms with van der Waals surface area (Å²) in [4.78, 5) is 1.04. The van der Waals surface area contributed by atoms with Crippen molar-refractivity contribution in [2.24, 2.45) is 5.73 Å². The average molecular weight is 316 g/mol. The van der Waals surface area contributed by atoms with Gasteiger partial charge in [-0.25, -0.2) is 8.42 Å². The molecule has 1 fully saturated rings. The Labute approximate surface area is 126 Å². The molecule has 0 amide bonds. The molecule has 4 nitrogen and oxygen atoms in total. The molecule has 0 bridgehead atoms. The number of hydrogen-bond acceptors (Lipinski definition) is 4. The number of nitrogens with zero attached hydrogens (tertiary/aromatic N) is 1. The molecule has 1 aromatic rings. The maximum absolute atomic E-state index is 12.7. The van der Waals surface area contributed by atoms with Crippen molar-refractivity contribution in [1.29, 1.82) is 0 Å². The van der Waals surface area contributed by atoms with Crippen LogP contribution in [-0.2, 0) is 16.4 Å². The highest BCUT2D eigenvalue weighted by Crippen LogP contribution is 2.29. The Morgan fingerprint density at radius 2 is 1.90 bits per heavy atom. The Bertz CT molecular complexity index is 517. The third kappa shape index (κ3) is 3.61. The second-order valence-corrected chi connectivity index (χ2v) is 8.82. The summed E-state index contributed by atoms with van der Waals surface area (Å²) in [6.07, 6.45) is 7.43. The number of thiophene rings is 1. The second-order valence-electron chi connectivity index (χ2n) is 5.43. The Morgan fingerprint density at radius 1 is 1.25 bits per heavy atom. The van der Waals surface area contributed by atoms with E-state index in [2.05, 4.69) is 0 Å². The van der Waals surface area contributed by atoms with Gasteiger partial charge in [-0.2, -0.15) is 4.31 Å². The third-order valence-corrected chi connectivity index (χ3v) is 7.52. The Balaban J connectivity index is 2.14. The fraction of sp³-hybridized carbons (Fsp3) is 0.714. The van der Waals surface area contributed by atoms with E-state index in [-0.39, 0.29) is 6.04 Å². The van der Waals surface area contributed by atoms with Crippen LogP contribution in [0.15, 0.2) is 16.3 Å². The topological polar surface area (TPSA) is 63.4 Å². The summed E-state index contributed by atoms with van der Waals surface area (Å²) in [7, 11) is -1.61. The van der Waals surface area contributed by atoms with Crippen LogP contribution < -0.4 is 5.73 Å². The van der Waals surface area contributed by atoms with E-state index in [4.69, 9.17) is 5.73 Å². The van der Waals surface area contributed by atoms with Gasteiger partial charge in [0, 0.05) is 18.0 Å². The Kier molecular flexibility index (Phi) is 5.60. The molecule has 0 spiro atoms. The molecule has 2 N–H and O–H groups in total. The maximum Gasteiger partial charge on any atom is 0.252 e. The smallest absolute Gasteiger partial charge is 0.252 e. The first kappa shape index (κ1) is 15.9. The van der Waals surface area contributed by atoms with Gasteiger partial charge in [-0.1, -0.05) is 25.7 Å². The van der Waals surface area contributed by atoms with Gasteiger partial charge in [0.05, 0.1) is 0 Å². The van der Waals surface area contributed by atoms with E-state index in [1.165, 1.54) is 24.2 Å². The van der Waals surface area contributed by atoms with Gasteiger partial charge in [-0.3, -0.25) is 0 Å². The lowest BCUT2D eigenvalue weighted by atomic mass is 10.1. The molecule has 1 heterocycles. The van der Waals surface area contributed by atoms with Crippen LogP contribution in [0.5, 0.6) is 0 Å². The van der Waals surface area contributed by atoms with E-state index in [0.29, 0.717) is 10.8 Å². The fourth-order valence-electron chi connectivity index (χ4n) is 2.73. The van der Waals surface area contributed by atoms with Gasteiger partial charge in [0.15, 0.2) is 0 Å². The summed E-state index contributed by atoms with van der Waals surface area (Å²) in [6.45, 7) is 0.554. The van der Waals surface area contributed by atoms with E-state index in [1.54, 1.807) is 17.4 Å². The number of nitrogens with two attached hydrogens (primary N) is 1. The molecule has 2 rings (SSSR count). The standard InChI is InChI=1S/C14H24N2O2S2/c1-16(12-6-4-2-3-5-7-12)20(17,18)14-9-8-13(19-14)10-11-15/h8-9,12H,2-7,10-11,15H2,1H3. The Hall–Kier alpha value is -0.430. The highest BCUT2D eigenvalue weighted by molar-refractivity contribution is 7.91. The highest BCUT2D eigenvalue weighted by atomic mass is 32.2. The molecule has 0 saturated heterocycles. The number of rotatable bonds is 5. The maximum atomic E-state index is 12.7. The molecular weight excluding hydrogens is 292 g/mol. The van der Waals surface area contributed by atoms with Crippen LogP contribution in [0.3, 0.4) is 0 Å². The molecular formula is C14H24N2O2S2. The predicted molar refractivity (Wildman–Crippen MR) is 83.5 cm³/mol. The molecule has 20 heavy (non-hydrogen) atoms. The van der Waals surface area contributed by atoms with E-state index in [0.717, 1.165) is 37.0 Å². The minimum absolute atomic E-state index is 0.155. The summed E-state index contributed by atoms with van der Waals surface area (Å²) in [5.74, 6) is 0. The zero-order chi connectivity index (χ0) is 14.6. The van der Waals surface area contributed by atoms with E-state index in [9.17, 15) is 8.42 Å². The first-order chi connectivity index (χ1) is 9.55. The van der Waals surface area contributed by atoms with Crippen molar-refractivity contribution in [2.45, 2.75) is 55.2 Å². The lowest BCUT2D eigenvalue weighted by molar-refractivity contribution is 0.336. The second kappa shape index (κ2) is 7.02. The summed E-state index contributed by atoms with van der Waals surface area (Å²) in [5.41, 5.74) is 5.52. The van der Waals surface area contributed by atoms with E-state index in [1.807, 2.05) is 6.07 Å². The van der Waals surface area contributed by atoms with Gasteiger partial charge in [0.1, 0.15) is 4.21 Å². The summed E-state index contributed by atoms with van der Waals surface area (Å²) in [5, 5.41) is 0. The van der Waals surface area contributed by atoms with Crippen LogP contribution in [0, 0.1) is 0 Å². The van der Waals surface area contributed by atoms with Crippen molar-refractivity contribution < 1.29 is 8.42 Å². The van der Waals surface area contributed by atoms with Crippen molar-refractivity contribution in [3.05, 3.63) is 17.0 Å². The van der Waals surface area contributed by atoms with Crippen molar-refractivity contribution in [3.8, 4) is 0 Å². The molecule has 1 aromatic heterocycles. The van der Waals surface area contributed by atoms with Crippen LogP contribution in [0.2, 0.25) is 0 Å². The molecule has 0 radical (unpaired) electrons. The van der Waals surface area contributed by atoms with Gasteiger partial charge >= 0.3 is 0 Å². The first-order valence-corrected chi connectivity index (χ1v) is 9.58. The van der Waals surface area contributed by atoms with Gasteiger partial charge < -0.3 is 5.73 Å². The molecule has 114 valence electrons. The van der Waals surface area contributed by atoms with Crippen molar-refractivity contribution in [3.63, 3.8) is 0 Å². The predicted octanol–water partition coefficient (Wildman–Crippen LogP) is 2.59. The normalized spacial score (nSPS) is 18.4. The zero-order valence-electron chi connectivity index (χ0n) is 12.0. The Morgan fingerprint density at radius 3 is 2.50 bits per heavy atom. The van der Waals surface area contributed by atoms with Crippen LogP contribution in [0.4, 0.5) is 0 Å². The van der Waals surface area contributed by atoms with Crippen LogP contribution in [-0.4, -0.2) is 32.4 Å². The van der Waals surface area contributed by atoms with Gasteiger partial charge in [-0.15, -0.1) is 11.3 Å². The number of sulfonamides is 1. The monoisotopic (exact) mass is 316 g/mol. The van der Waals surface area contributed by atoms with Crippen molar-refractivity contribution in [2.75, 3.05) is 13.6 Å². The van der Waals surface area contributed by atoms with Gasteiger partial charge in [-0.05, 0) is 37.9 Å². The molecule has 0 atom stereocenters. The van der Waals surface area contributed by atoms with Crippen LogP contribution in [0.1, 0.15) is 43.4 Å². The quantitative estimate of drug-likeness (QED) is 0.849. The van der Waals surface area contributed by atoms with Gasteiger partial charge in [0.2, 0.25) is 0 Å². The SMILES string of the molecule is CN(C1CCCCCC1)S(=O)(=O)c1ccc(CCN)s1. The minimum atomic E-state index is -3.34. The zero-order valence-corrected chi connectivity index (χ0v) is 13.7. The average Bonchev–Trinajstić information content (AvgIpc) is 2.74. The molecule has 6 heteroatoms.